The van der Waals surface area contributed by atoms with Crippen LogP contribution in [0.5, 0.6) is 0 Å². The molecule has 0 saturated carbocycles. The molecule has 2 heterocycles. The first-order valence-corrected chi connectivity index (χ1v) is 9.09. The first-order chi connectivity index (χ1) is 12.5. The van der Waals surface area contributed by atoms with Crippen molar-refractivity contribution in [3.8, 4) is 21.1 Å². The lowest BCUT2D eigenvalue weighted by Gasteiger charge is -1.98. The quantitative estimate of drug-likeness (QED) is 0.540. The summed E-state index contributed by atoms with van der Waals surface area (Å²) in [6.45, 7) is 0. The van der Waals surface area contributed by atoms with E-state index in [-0.39, 0.29) is 11.1 Å². The molecule has 0 aliphatic heterocycles. The third-order valence-corrected chi connectivity index (χ3v) is 5.86. The Morgan fingerprint density at radius 2 is 1.00 bits per heavy atom. The smallest absolute Gasteiger partial charge is 0.335 e. The molecule has 6 nitrogen and oxygen atoms in total. The normalized spacial score (nSPS) is 10.9. The molecule has 0 bridgehead atoms. The zero-order chi connectivity index (χ0) is 18.3. The Morgan fingerprint density at radius 3 is 1.31 bits per heavy atom. The Balaban J connectivity index is 1.64. The van der Waals surface area contributed by atoms with Crippen LogP contribution < -0.4 is 0 Å². The van der Waals surface area contributed by atoms with Crippen molar-refractivity contribution in [1.82, 2.24) is 9.97 Å². The number of rotatable bonds is 4. The number of aromatic nitrogens is 2. The topological polar surface area (TPSA) is 100 Å². The second kappa shape index (κ2) is 6.32. The highest BCUT2D eigenvalue weighted by atomic mass is 32.1. The fourth-order valence-corrected chi connectivity index (χ4v) is 4.45. The summed E-state index contributed by atoms with van der Waals surface area (Å²) in [6, 6.07) is 13.1. The van der Waals surface area contributed by atoms with Crippen molar-refractivity contribution >= 4 is 44.3 Å². The van der Waals surface area contributed by atoms with Crippen LogP contribution in [0.2, 0.25) is 0 Å². The number of carboxylic acid groups (broad SMARTS) is 2. The van der Waals surface area contributed by atoms with Gasteiger partial charge in [-0.05, 0) is 24.3 Å². The van der Waals surface area contributed by atoms with Crippen LogP contribution in [0.4, 0.5) is 0 Å². The lowest BCUT2D eigenvalue weighted by molar-refractivity contribution is 0.0686. The van der Waals surface area contributed by atoms with Gasteiger partial charge in [-0.2, -0.15) is 0 Å². The molecule has 0 aliphatic carbocycles. The highest BCUT2D eigenvalue weighted by Gasteiger charge is 2.14. The number of carboxylic acids is 2. The number of benzene rings is 2. The van der Waals surface area contributed by atoms with Crippen molar-refractivity contribution in [3.63, 3.8) is 0 Å². The molecule has 2 N–H and O–H groups in total. The number of fused-ring (bicyclic) bond motifs is 1. The van der Waals surface area contributed by atoms with E-state index < -0.39 is 11.9 Å². The molecule has 2 aromatic heterocycles. The molecule has 4 rings (SSSR count). The van der Waals surface area contributed by atoms with Gasteiger partial charge in [-0.15, -0.1) is 0 Å². The monoisotopic (exact) mass is 382 g/mol. The molecule has 0 unspecified atom stereocenters. The third-order valence-electron chi connectivity index (χ3n) is 3.73. The van der Waals surface area contributed by atoms with Gasteiger partial charge in [0.15, 0.2) is 9.66 Å². The maximum Gasteiger partial charge on any atom is 0.335 e. The molecule has 0 amide bonds. The zero-order valence-corrected chi connectivity index (χ0v) is 14.7. The van der Waals surface area contributed by atoms with Crippen LogP contribution in [0.3, 0.4) is 0 Å². The molecular weight excluding hydrogens is 372 g/mol. The summed E-state index contributed by atoms with van der Waals surface area (Å²) in [6.07, 6.45) is 0. The van der Waals surface area contributed by atoms with Gasteiger partial charge in [-0.1, -0.05) is 46.9 Å². The number of hydrogen-bond acceptors (Lipinski definition) is 6. The minimum atomic E-state index is -0.961. The second-order valence-electron chi connectivity index (χ2n) is 5.41. The van der Waals surface area contributed by atoms with Crippen LogP contribution in [-0.4, -0.2) is 32.1 Å². The van der Waals surface area contributed by atoms with Crippen molar-refractivity contribution < 1.29 is 19.8 Å². The van der Waals surface area contributed by atoms with E-state index in [0.717, 1.165) is 30.8 Å². The van der Waals surface area contributed by atoms with Crippen molar-refractivity contribution in [2.75, 3.05) is 0 Å². The third kappa shape index (κ3) is 2.96. The fraction of sp³-hybridized carbons (Fsp3) is 0. The van der Waals surface area contributed by atoms with E-state index in [4.69, 9.17) is 10.2 Å². The molecule has 2 aromatic carbocycles. The van der Waals surface area contributed by atoms with Crippen molar-refractivity contribution in [3.05, 3.63) is 59.7 Å². The van der Waals surface area contributed by atoms with E-state index in [0.29, 0.717) is 0 Å². The molecule has 0 atom stereocenters. The van der Waals surface area contributed by atoms with E-state index in [1.54, 1.807) is 48.5 Å². The first kappa shape index (κ1) is 16.4. The summed E-state index contributed by atoms with van der Waals surface area (Å²) in [5.41, 5.74) is 2.16. The van der Waals surface area contributed by atoms with Crippen LogP contribution >= 0.6 is 22.7 Å². The number of thiazole rings is 2. The molecule has 4 aromatic rings. The first-order valence-electron chi connectivity index (χ1n) is 7.46. The summed E-state index contributed by atoms with van der Waals surface area (Å²) in [5.74, 6) is -1.92. The minimum Gasteiger partial charge on any atom is -0.478 e. The van der Waals surface area contributed by atoms with Crippen LogP contribution in [0.25, 0.3) is 30.8 Å². The molecular formula is C18H10N2O4S2. The lowest BCUT2D eigenvalue weighted by Crippen LogP contribution is -1.94. The van der Waals surface area contributed by atoms with Gasteiger partial charge in [-0.25, -0.2) is 19.6 Å². The molecule has 8 heteroatoms. The predicted octanol–water partition coefficient (Wildman–Crippen LogP) is 4.48. The summed E-state index contributed by atoms with van der Waals surface area (Å²) < 4.78 is 0. The fourth-order valence-electron chi connectivity index (χ4n) is 2.40. The molecule has 0 fully saturated rings. The lowest BCUT2D eigenvalue weighted by atomic mass is 10.1. The minimum absolute atomic E-state index is 0.234. The average molecular weight is 382 g/mol. The average Bonchev–Trinajstić information content (AvgIpc) is 3.21. The number of nitrogens with zero attached hydrogens (tertiary/aromatic N) is 2. The summed E-state index contributed by atoms with van der Waals surface area (Å²) in [5, 5.41) is 19.5. The van der Waals surface area contributed by atoms with E-state index >= 15 is 0 Å². The SMILES string of the molecule is O=C(O)c1ccc(-c2nc3sc(-c4ccc(C(=O)O)cc4)nc3s2)cc1. The summed E-state index contributed by atoms with van der Waals surface area (Å²) >= 11 is 2.87. The molecule has 0 radical (unpaired) electrons. The van der Waals surface area contributed by atoms with Gasteiger partial charge in [0, 0.05) is 11.1 Å². The van der Waals surface area contributed by atoms with Gasteiger partial charge in [0.2, 0.25) is 0 Å². The number of hydrogen-bond donors (Lipinski definition) is 2. The van der Waals surface area contributed by atoms with Gasteiger partial charge >= 0.3 is 11.9 Å². The van der Waals surface area contributed by atoms with Gasteiger partial charge < -0.3 is 10.2 Å². The van der Waals surface area contributed by atoms with Crippen LogP contribution in [0.1, 0.15) is 20.7 Å². The predicted molar refractivity (Wildman–Crippen MR) is 100 cm³/mol. The van der Waals surface area contributed by atoms with Crippen molar-refractivity contribution in [2.24, 2.45) is 0 Å². The molecule has 128 valence electrons. The van der Waals surface area contributed by atoms with Gasteiger partial charge in [0.1, 0.15) is 10.0 Å². The Hall–Kier alpha value is -3.10. The summed E-state index contributed by atoms with van der Waals surface area (Å²) in [4.78, 5) is 32.6. The molecule has 0 spiro atoms. The van der Waals surface area contributed by atoms with Crippen LogP contribution in [-0.2, 0) is 0 Å². The van der Waals surface area contributed by atoms with E-state index in [1.807, 2.05) is 0 Å². The Bertz CT molecular complexity index is 1010. The molecule has 0 saturated heterocycles. The van der Waals surface area contributed by atoms with Crippen LogP contribution in [0.15, 0.2) is 48.5 Å². The highest BCUT2D eigenvalue weighted by Crippen LogP contribution is 2.36. The summed E-state index contributed by atoms with van der Waals surface area (Å²) in [7, 11) is 0. The van der Waals surface area contributed by atoms with Crippen molar-refractivity contribution in [1.29, 1.82) is 0 Å². The maximum absolute atomic E-state index is 10.9. The Morgan fingerprint density at radius 1 is 0.654 bits per heavy atom. The molecule has 26 heavy (non-hydrogen) atoms. The second-order valence-corrected chi connectivity index (χ2v) is 7.37. The van der Waals surface area contributed by atoms with Gasteiger partial charge in [0.25, 0.3) is 0 Å². The maximum atomic E-state index is 10.9. The standard InChI is InChI=1S/C18H10N2O4S2/c21-17(22)11-5-1-9(2-6-11)13-19-15-16(25-13)20-14(26-15)10-3-7-12(8-4-10)18(23)24/h1-8H,(H,21,22)(H,23,24). The van der Waals surface area contributed by atoms with Gasteiger partial charge in [-0.3, -0.25) is 0 Å². The Labute approximate surface area is 155 Å². The highest BCUT2D eigenvalue weighted by molar-refractivity contribution is 7.29. The van der Waals surface area contributed by atoms with E-state index in [9.17, 15) is 9.59 Å². The Kier molecular flexibility index (Phi) is 3.98. The number of carbonyl (C=O) groups is 2. The van der Waals surface area contributed by atoms with Crippen molar-refractivity contribution in [2.45, 2.75) is 0 Å². The van der Waals surface area contributed by atoms with E-state index in [1.165, 1.54) is 22.7 Å². The van der Waals surface area contributed by atoms with Gasteiger partial charge in [0.05, 0.1) is 11.1 Å². The largest absolute Gasteiger partial charge is 0.478 e. The van der Waals surface area contributed by atoms with Crippen LogP contribution in [0, 0.1) is 0 Å². The molecule has 0 aliphatic rings. The zero-order valence-electron chi connectivity index (χ0n) is 13.0. The van der Waals surface area contributed by atoms with E-state index in [2.05, 4.69) is 9.97 Å². The number of aromatic carboxylic acids is 2.